The molecule has 1 aliphatic carbocycles. The highest BCUT2D eigenvalue weighted by atomic mass is 35.5. The van der Waals surface area contributed by atoms with Gasteiger partial charge in [0.15, 0.2) is 5.15 Å². The van der Waals surface area contributed by atoms with Crippen molar-refractivity contribution >= 4 is 45.7 Å². The number of rotatable bonds is 6. The standard InChI is InChI=1S/C24H25Cl2N7O/c25-19-7-16-9-28-23(31-21-10-29-33(22(21)26)14-24(13-27)3-4-24)30-20(16)8-18(19)15-1-5-32(6-2-15)17-11-34-12-17/h7-10,15,17H,1-6,11-12,14H2,(H,28,30,31). The van der Waals surface area contributed by atoms with Crippen molar-refractivity contribution in [2.45, 2.75) is 44.2 Å². The molecule has 1 N–H and O–H groups in total. The van der Waals surface area contributed by atoms with Crippen molar-refractivity contribution in [1.82, 2.24) is 24.6 Å². The van der Waals surface area contributed by atoms with Gasteiger partial charge < -0.3 is 10.1 Å². The van der Waals surface area contributed by atoms with Gasteiger partial charge in [0.2, 0.25) is 5.95 Å². The summed E-state index contributed by atoms with van der Waals surface area (Å²) in [5.41, 5.74) is 2.29. The summed E-state index contributed by atoms with van der Waals surface area (Å²) in [7, 11) is 0. The lowest BCUT2D eigenvalue weighted by molar-refractivity contribution is -0.0712. The second-order valence-electron chi connectivity index (χ2n) is 9.65. The van der Waals surface area contributed by atoms with Crippen LogP contribution in [0.15, 0.2) is 24.5 Å². The maximum absolute atomic E-state index is 9.35. The van der Waals surface area contributed by atoms with Crippen molar-refractivity contribution in [3.63, 3.8) is 0 Å². The number of likely N-dealkylation sites (tertiary alicyclic amines) is 1. The lowest BCUT2D eigenvalue weighted by Gasteiger charge is -2.41. The van der Waals surface area contributed by atoms with Gasteiger partial charge in [-0.05, 0) is 62.4 Å². The molecule has 8 nitrogen and oxygen atoms in total. The fourth-order valence-corrected chi connectivity index (χ4v) is 5.40. The molecular formula is C24H25Cl2N7O. The van der Waals surface area contributed by atoms with E-state index in [1.54, 1.807) is 17.1 Å². The molecule has 2 aliphatic heterocycles. The van der Waals surface area contributed by atoms with Crippen LogP contribution < -0.4 is 5.32 Å². The van der Waals surface area contributed by atoms with Crippen molar-refractivity contribution in [3.05, 3.63) is 40.3 Å². The normalized spacial score (nSPS) is 20.7. The fourth-order valence-electron chi connectivity index (χ4n) is 4.88. The Balaban J connectivity index is 1.20. The van der Waals surface area contributed by atoms with Crippen LogP contribution >= 0.6 is 23.2 Å². The predicted octanol–water partition coefficient (Wildman–Crippen LogP) is 4.76. The summed E-state index contributed by atoms with van der Waals surface area (Å²) in [5, 5.41) is 19.0. The molecule has 3 aromatic rings. The Morgan fingerprint density at radius 1 is 1.18 bits per heavy atom. The largest absolute Gasteiger partial charge is 0.378 e. The first-order chi connectivity index (χ1) is 16.5. The Kier molecular flexibility index (Phi) is 5.61. The maximum Gasteiger partial charge on any atom is 0.227 e. The maximum atomic E-state index is 9.35. The number of fused-ring (bicyclic) bond motifs is 1. The lowest BCUT2D eigenvalue weighted by Crippen LogP contribution is -2.51. The fraction of sp³-hybridized carbons (Fsp3) is 0.500. The molecule has 2 aromatic heterocycles. The molecule has 1 aromatic carbocycles. The van der Waals surface area contributed by atoms with E-state index in [9.17, 15) is 5.26 Å². The lowest BCUT2D eigenvalue weighted by atomic mass is 9.88. The third kappa shape index (κ3) is 4.11. The summed E-state index contributed by atoms with van der Waals surface area (Å²) in [6.07, 6.45) is 7.35. The van der Waals surface area contributed by atoms with Gasteiger partial charge in [-0.15, -0.1) is 0 Å². The van der Waals surface area contributed by atoms with Crippen LogP contribution in [0.25, 0.3) is 10.9 Å². The first-order valence-electron chi connectivity index (χ1n) is 11.7. The van der Waals surface area contributed by atoms with Crippen LogP contribution in [0.2, 0.25) is 10.2 Å². The van der Waals surface area contributed by atoms with E-state index in [0.717, 1.165) is 73.5 Å². The van der Waals surface area contributed by atoms with Crippen molar-refractivity contribution in [2.75, 3.05) is 31.6 Å². The van der Waals surface area contributed by atoms with Crippen molar-refractivity contribution in [2.24, 2.45) is 5.41 Å². The average Bonchev–Trinajstić information content (AvgIpc) is 3.52. The molecule has 10 heteroatoms. The molecular weight excluding hydrogens is 473 g/mol. The van der Waals surface area contributed by atoms with E-state index in [2.05, 4.69) is 32.4 Å². The summed E-state index contributed by atoms with van der Waals surface area (Å²) in [6.45, 7) is 4.35. The molecule has 34 heavy (non-hydrogen) atoms. The first kappa shape index (κ1) is 22.1. The second-order valence-corrected chi connectivity index (χ2v) is 10.4. The van der Waals surface area contributed by atoms with Crippen LogP contribution in [-0.2, 0) is 11.3 Å². The monoisotopic (exact) mass is 497 g/mol. The van der Waals surface area contributed by atoms with Gasteiger partial charge in [0.05, 0.1) is 54.7 Å². The molecule has 0 bridgehead atoms. The molecule has 4 heterocycles. The number of piperidine rings is 1. The summed E-state index contributed by atoms with van der Waals surface area (Å²) in [6, 6.07) is 7.02. The Labute approximate surface area is 207 Å². The third-order valence-electron chi connectivity index (χ3n) is 7.37. The molecule has 0 atom stereocenters. The number of benzene rings is 1. The number of nitriles is 1. The summed E-state index contributed by atoms with van der Waals surface area (Å²) in [5.74, 6) is 0.867. The number of aromatic nitrogens is 4. The minimum Gasteiger partial charge on any atom is -0.378 e. The van der Waals surface area contributed by atoms with Crippen LogP contribution in [0, 0.1) is 16.7 Å². The van der Waals surface area contributed by atoms with E-state index in [0.29, 0.717) is 35.3 Å². The van der Waals surface area contributed by atoms with E-state index in [4.69, 9.17) is 32.9 Å². The molecule has 6 rings (SSSR count). The predicted molar refractivity (Wildman–Crippen MR) is 131 cm³/mol. The minimum atomic E-state index is -0.330. The SMILES string of the molecule is N#CC1(Cn2ncc(Nc3ncc4cc(Cl)c(C5CCN(C6COC6)CC5)cc4n3)c2Cl)CC1. The van der Waals surface area contributed by atoms with Gasteiger partial charge in [0.25, 0.3) is 0 Å². The van der Waals surface area contributed by atoms with Crippen LogP contribution in [0.3, 0.4) is 0 Å². The van der Waals surface area contributed by atoms with Crippen molar-refractivity contribution in [3.8, 4) is 6.07 Å². The summed E-state index contributed by atoms with van der Waals surface area (Å²) >= 11 is 13.2. The van der Waals surface area contributed by atoms with Gasteiger partial charge >= 0.3 is 0 Å². The average molecular weight is 498 g/mol. The van der Waals surface area contributed by atoms with Gasteiger partial charge in [-0.2, -0.15) is 10.4 Å². The van der Waals surface area contributed by atoms with Crippen LogP contribution in [0.4, 0.5) is 11.6 Å². The number of hydrogen-bond acceptors (Lipinski definition) is 7. The van der Waals surface area contributed by atoms with Gasteiger partial charge in [0.1, 0.15) is 0 Å². The van der Waals surface area contributed by atoms with E-state index in [-0.39, 0.29) is 5.41 Å². The highest BCUT2D eigenvalue weighted by molar-refractivity contribution is 6.32. The van der Waals surface area contributed by atoms with Gasteiger partial charge in [0, 0.05) is 16.6 Å². The van der Waals surface area contributed by atoms with E-state index < -0.39 is 0 Å². The number of halogens is 2. The number of nitrogens with zero attached hydrogens (tertiary/aromatic N) is 6. The Bertz CT molecular complexity index is 1270. The molecule has 3 fully saturated rings. The second kappa shape index (κ2) is 8.65. The van der Waals surface area contributed by atoms with E-state index >= 15 is 0 Å². The van der Waals surface area contributed by atoms with Gasteiger partial charge in [-0.25, -0.2) is 9.97 Å². The molecule has 1 saturated carbocycles. The molecule has 0 radical (unpaired) electrons. The molecule has 176 valence electrons. The quantitative estimate of drug-likeness (QED) is 0.524. The molecule has 2 saturated heterocycles. The summed E-state index contributed by atoms with van der Waals surface area (Å²) in [4.78, 5) is 11.7. The zero-order chi connectivity index (χ0) is 23.3. The van der Waals surface area contributed by atoms with Crippen LogP contribution in [0.1, 0.15) is 37.2 Å². The summed E-state index contributed by atoms with van der Waals surface area (Å²) < 4.78 is 7.02. The molecule has 0 spiro atoms. The highest BCUT2D eigenvalue weighted by Crippen LogP contribution is 2.47. The van der Waals surface area contributed by atoms with Crippen LogP contribution in [-0.4, -0.2) is 57.0 Å². The van der Waals surface area contributed by atoms with E-state index in [1.165, 1.54) is 0 Å². The number of hydrogen-bond donors (Lipinski definition) is 1. The van der Waals surface area contributed by atoms with Crippen molar-refractivity contribution in [1.29, 1.82) is 5.26 Å². The Morgan fingerprint density at radius 2 is 1.97 bits per heavy atom. The zero-order valence-corrected chi connectivity index (χ0v) is 20.2. The minimum absolute atomic E-state index is 0.330. The number of ether oxygens (including phenoxy) is 1. The van der Waals surface area contributed by atoms with Crippen LogP contribution in [0.5, 0.6) is 0 Å². The Morgan fingerprint density at radius 3 is 2.65 bits per heavy atom. The highest BCUT2D eigenvalue weighted by Gasteiger charge is 2.44. The molecule has 0 amide bonds. The van der Waals surface area contributed by atoms with Gasteiger partial charge in [-0.3, -0.25) is 9.58 Å². The first-order valence-corrected chi connectivity index (χ1v) is 12.5. The topological polar surface area (TPSA) is 91.9 Å². The Hall–Kier alpha value is -2.44. The third-order valence-corrected chi connectivity index (χ3v) is 8.10. The molecule has 0 unspecified atom stereocenters. The molecule has 3 aliphatic rings. The zero-order valence-electron chi connectivity index (χ0n) is 18.7. The van der Waals surface area contributed by atoms with Crippen molar-refractivity contribution < 1.29 is 4.74 Å². The van der Waals surface area contributed by atoms with E-state index in [1.807, 2.05) is 6.07 Å². The smallest absolute Gasteiger partial charge is 0.227 e. The number of anilines is 2. The van der Waals surface area contributed by atoms with Gasteiger partial charge in [-0.1, -0.05) is 23.2 Å². The number of nitrogens with one attached hydrogen (secondary N) is 1.